The number of carbonyl (C=O) groups excluding carboxylic acids is 3. The Balaban J connectivity index is 1.11. The fourth-order valence-electron chi connectivity index (χ4n) is 7.99. The number of hydrogen-bond donors (Lipinski definition) is 2. The van der Waals surface area contributed by atoms with E-state index in [1.807, 2.05) is 36.4 Å². The van der Waals surface area contributed by atoms with Crippen molar-refractivity contribution in [3.05, 3.63) is 101 Å². The molecule has 1 saturated heterocycles. The van der Waals surface area contributed by atoms with Gasteiger partial charge >= 0.3 is 4.87 Å². The van der Waals surface area contributed by atoms with Crippen molar-refractivity contribution in [2.75, 3.05) is 16.8 Å². The first-order valence-electron chi connectivity index (χ1n) is 14.7. The van der Waals surface area contributed by atoms with E-state index in [2.05, 4.69) is 26.2 Å². The number of thiazole rings is 1. The van der Waals surface area contributed by atoms with Gasteiger partial charge in [0.25, 0.3) is 5.91 Å². The summed E-state index contributed by atoms with van der Waals surface area (Å²) in [5.74, 6) is -1.26. The summed E-state index contributed by atoms with van der Waals surface area (Å²) in [4.78, 5) is 58.6. The van der Waals surface area contributed by atoms with Gasteiger partial charge in [0.15, 0.2) is 6.61 Å². The smallest absolute Gasteiger partial charge is 0.305 e. The third kappa shape index (κ3) is 4.85. The number of amides is 3. The van der Waals surface area contributed by atoms with E-state index in [4.69, 9.17) is 27.9 Å². The lowest BCUT2D eigenvalue weighted by molar-refractivity contribution is -0.123. The first kappa shape index (κ1) is 30.3. The number of rotatable bonds is 6. The van der Waals surface area contributed by atoms with E-state index in [0.29, 0.717) is 27.2 Å². The number of thioether (sulfide) groups is 1. The van der Waals surface area contributed by atoms with Gasteiger partial charge in [0.1, 0.15) is 5.75 Å². The molecule has 2 aliphatic carbocycles. The molecule has 2 bridgehead atoms. The minimum absolute atomic E-state index is 0.00777. The predicted octanol–water partition coefficient (Wildman–Crippen LogP) is 7.20. The summed E-state index contributed by atoms with van der Waals surface area (Å²) < 4.78 is 7.01. The number of anilines is 2. The summed E-state index contributed by atoms with van der Waals surface area (Å²) in [7, 11) is 0. The number of hydrogen-bond acceptors (Lipinski definition) is 7. The molecule has 4 unspecified atom stereocenters. The van der Waals surface area contributed by atoms with Crippen molar-refractivity contribution < 1.29 is 19.1 Å². The fourth-order valence-corrected chi connectivity index (χ4v) is 11.4. The molecule has 2 N–H and O–H groups in total. The zero-order valence-corrected chi connectivity index (χ0v) is 28.5. The minimum atomic E-state index is -0.423. The Bertz CT molecular complexity index is 1980. The van der Waals surface area contributed by atoms with Crippen molar-refractivity contribution in [1.82, 2.24) is 4.98 Å². The second kappa shape index (κ2) is 11.6. The maximum Gasteiger partial charge on any atom is 0.305 e. The molecule has 2 aliphatic heterocycles. The molecule has 46 heavy (non-hydrogen) atoms. The summed E-state index contributed by atoms with van der Waals surface area (Å²) in [6.07, 6.45) is 0.772. The van der Waals surface area contributed by atoms with Gasteiger partial charge in [-0.1, -0.05) is 68.7 Å². The monoisotopic (exact) mass is 755 g/mol. The van der Waals surface area contributed by atoms with Crippen LogP contribution >= 0.6 is 62.2 Å². The number of nitrogens with one attached hydrogen (secondary N) is 2. The molecule has 3 fully saturated rings. The van der Waals surface area contributed by atoms with E-state index in [1.165, 1.54) is 16.2 Å². The second-order valence-corrected chi connectivity index (χ2v) is 15.9. The van der Waals surface area contributed by atoms with Crippen molar-refractivity contribution in [3.8, 4) is 5.75 Å². The predicted molar refractivity (Wildman–Crippen MR) is 182 cm³/mol. The Hall–Kier alpha value is -3.09. The number of halogens is 3. The van der Waals surface area contributed by atoms with Crippen LogP contribution in [0.15, 0.2) is 81.0 Å². The number of benzene rings is 3. The lowest BCUT2D eigenvalue weighted by Crippen LogP contribution is -2.42. The second-order valence-electron chi connectivity index (χ2n) is 12.0. The summed E-state index contributed by atoms with van der Waals surface area (Å²) in [6.45, 7) is -0.255. The molecule has 7 atom stereocenters. The molecule has 3 aromatic carbocycles. The van der Waals surface area contributed by atoms with E-state index in [9.17, 15) is 19.2 Å². The molecule has 4 aromatic rings. The lowest BCUT2D eigenvalue weighted by Gasteiger charge is -2.43. The van der Waals surface area contributed by atoms with Gasteiger partial charge in [-0.05, 0) is 72.7 Å². The number of fused-ring (bicyclic) bond motifs is 9. The Morgan fingerprint density at radius 1 is 0.978 bits per heavy atom. The Morgan fingerprint density at radius 2 is 1.72 bits per heavy atom. The van der Waals surface area contributed by atoms with E-state index < -0.39 is 5.92 Å². The average Bonchev–Trinajstić information content (AvgIpc) is 3.77. The number of H-pyrrole nitrogens is 1. The fraction of sp³-hybridized carbons (Fsp3) is 0.273. The number of aromatic amines is 1. The van der Waals surface area contributed by atoms with Crippen LogP contribution in [0.25, 0.3) is 0 Å². The highest BCUT2D eigenvalue weighted by Gasteiger charge is 2.69. The van der Waals surface area contributed by atoms with Crippen LogP contribution in [0.1, 0.15) is 22.8 Å². The molecule has 0 spiro atoms. The van der Waals surface area contributed by atoms with E-state index in [0.717, 1.165) is 26.4 Å². The number of carbonyl (C=O) groups is 3. The Labute approximate surface area is 289 Å². The largest absolute Gasteiger partial charge is 0.483 e. The van der Waals surface area contributed by atoms with Crippen LogP contribution in [0.2, 0.25) is 10.0 Å². The van der Waals surface area contributed by atoms with Gasteiger partial charge in [-0.3, -0.25) is 24.1 Å². The van der Waals surface area contributed by atoms with Crippen LogP contribution in [0.3, 0.4) is 0 Å². The summed E-state index contributed by atoms with van der Waals surface area (Å²) >= 11 is 18.3. The van der Waals surface area contributed by atoms with Crippen LogP contribution in [0.5, 0.6) is 5.75 Å². The van der Waals surface area contributed by atoms with Gasteiger partial charge in [-0.15, -0.1) is 11.8 Å². The zero-order chi connectivity index (χ0) is 31.9. The minimum Gasteiger partial charge on any atom is -0.483 e. The molecule has 13 heteroatoms. The molecular weight excluding hydrogens is 733 g/mol. The molecule has 234 valence electrons. The highest BCUT2D eigenvalue weighted by Crippen LogP contribution is 2.69. The van der Waals surface area contributed by atoms with Crippen LogP contribution in [-0.4, -0.2) is 34.6 Å². The zero-order valence-electron chi connectivity index (χ0n) is 23.7. The van der Waals surface area contributed by atoms with Crippen LogP contribution in [0, 0.1) is 29.6 Å². The topological polar surface area (TPSA) is 109 Å². The van der Waals surface area contributed by atoms with Crippen molar-refractivity contribution in [2.24, 2.45) is 29.6 Å². The number of aromatic nitrogens is 1. The third-order valence-electron chi connectivity index (χ3n) is 9.62. The Kier molecular flexibility index (Phi) is 7.60. The normalized spacial score (nSPS) is 27.4. The quantitative estimate of drug-likeness (QED) is 0.202. The van der Waals surface area contributed by atoms with Gasteiger partial charge in [0.05, 0.1) is 32.6 Å². The van der Waals surface area contributed by atoms with Crippen LogP contribution in [0.4, 0.5) is 11.4 Å². The summed E-state index contributed by atoms with van der Waals surface area (Å²) in [5.41, 5.74) is 1.93. The van der Waals surface area contributed by atoms with Gasteiger partial charge < -0.3 is 15.0 Å². The summed E-state index contributed by atoms with van der Waals surface area (Å²) in [5, 5.41) is 4.33. The highest BCUT2D eigenvalue weighted by atomic mass is 79.9. The van der Waals surface area contributed by atoms with Gasteiger partial charge in [0, 0.05) is 31.8 Å². The van der Waals surface area contributed by atoms with Gasteiger partial charge in [-0.2, -0.15) is 0 Å². The number of imide groups is 1. The van der Waals surface area contributed by atoms with E-state index >= 15 is 0 Å². The number of nitrogens with zero attached hydrogens (tertiary/aromatic N) is 1. The van der Waals surface area contributed by atoms with Crippen molar-refractivity contribution >= 4 is 91.3 Å². The van der Waals surface area contributed by atoms with Gasteiger partial charge in [-0.25, -0.2) is 0 Å². The standard InChI is InChI=1S/C33H24BrCl2N3O5S2/c34-14-5-8-16(9-6-14)39-31(41)26-18-12-19(27(26)32(39)42)28-25(18)24(29-30(45-28)38-33(43)46-29)17-3-1-2-4-22(17)44-13-23(40)37-15-7-10-20(35)21(36)11-15/h1-11,18-19,24-28H,12-13H2,(H,37,40)(H,38,43)/t18-,19-,24-,25?,26?,27?,28?/m1/s1. The SMILES string of the molecule is O=C(COc1ccccc1[C@H]1c2sc(=O)[nH]c2SC2C1[C@H]1C[C@@H]2C2C(=O)N(c3ccc(Br)cc3)C(=O)C21)Nc1ccc(Cl)c(Cl)c1. The number of para-hydroxylation sites is 1. The maximum absolute atomic E-state index is 14.0. The van der Waals surface area contributed by atoms with E-state index in [-0.39, 0.29) is 64.0 Å². The van der Waals surface area contributed by atoms with Crippen molar-refractivity contribution in [3.63, 3.8) is 0 Å². The van der Waals surface area contributed by atoms with E-state index in [1.54, 1.807) is 42.1 Å². The molecule has 3 heterocycles. The van der Waals surface area contributed by atoms with Crippen molar-refractivity contribution in [2.45, 2.75) is 22.6 Å². The molecule has 1 aromatic heterocycles. The van der Waals surface area contributed by atoms with Crippen molar-refractivity contribution in [1.29, 1.82) is 0 Å². The summed E-state index contributed by atoms with van der Waals surface area (Å²) in [6, 6.07) is 19.6. The molecule has 3 amide bonds. The lowest BCUT2D eigenvalue weighted by atomic mass is 9.68. The molecule has 8 nitrogen and oxygen atoms in total. The molecule has 4 aliphatic rings. The Morgan fingerprint density at radius 3 is 2.48 bits per heavy atom. The van der Waals surface area contributed by atoms with Crippen LogP contribution < -0.4 is 19.8 Å². The van der Waals surface area contributed by atoms with Gasteiger partial charge in [0.2, 0.25) is 11.8 Å². The highest BCUT2D eigenvalue weighted by molar-refractivity contribution is 9.10. The molecule has 0 radical (unpaired) electrons. The maximum atomic E-state index is 14.0. The average molecular weight is 758 g/mol. The first-order chi connectivity index (χ1) is 22.2. The van der Waals surface area contributed by atoms with Crippen LogP contribution in [-0.2, 0) is 14.4 Å². The third-order valence-corrected chi connectivity index (χ3v) is 13.5. The number of ether oxygens (including phenoxy) is 1. The molecule has 8 rings (SSSR count). The molecule has 2 saturated carbocycles. The first-order valence-corrected chi connectivity index (χ1v) is 17.9. The molecular formula is C33H24BrCl2N3O5S2.